The largest absolute Gasteiger partial charge is 0.356 e. The Morgan fingerprint density at radius 1 is 1.24 bits per heavy atom. The van der Waals surface area contributed by atoms with Crippen molar-refractivity contribution in [3.8, 4) is 0 Å². The zero-order valence-electron chi connectivity index (χ0n) is 11.9. The Morgan fingerprint density at radius 2 is 2.00 bits per heavy atom. The molecule has 2 rings (SSSR count). The standard InChI is InChI=1S/C17H20N2O2/c18-11-4-12-19-17(21)15-9-7-14(8-10-15)16(20)13-5-2-1-3-6-13/h1-3,5-9,15H,4,10-12,18H2,(H,19,21). The van der Waals surface area contributed by atoms with Crippen LogP contribution in [-0.2, 0) is 4.79 Å². The number of nitrogens with one attached hydrogen (secondary N) is 1. The van der Waals surface area contributed by atoms with E-state index in [2.05, 4.69) is 5.32 Å². The van der Waals surface area contributed by atoms with E-state index < -0.39 is 0 Å². The predicted octanol–water partition coefficient (Wildman–Crippen LogP) is 1.84. The summed E-state index contributed by atoms with van der Waals surface area (Å²) in [5.41, 5.74) is 6.70. The molecule has 0 aliphatic heterocycles. The topological polar surface area (TPSA) is 72.2 Å². The molecule has 21 heavy (non-hydrogen) atoms. The molecule has 0 saturated heterocycles. The number of nitrogens with two attached hydrogens (primary N) is 1. The van der Waals surface area contributed by atoms with Gasteiger partial charge in [0.15, 0.2) is 5.78 Å². The number of Topliss-reactive ketones (excluding diaryl/α,β-unsaturated/α-hetero) is 1. The molecule has 1 amide bonds. The first-order valence-corrected chi connectivity index (χ1v) is 7.18. The summed E-state index contributed by atoms with van der Waals surface area (Å²) in [6, 6.07) is 9.15. The molecule has 4 nitrogen and oxygen atoms in total. The van der Waals surface area contributed by atoms with Crippen LogP contribution in [0.4, 0.5) is 0 Å². The van der Waals surface area contributed by atoms with Gasteiger partial charge in [0.05, 0.1) is 5.92 Å². The molecule has 0 fully saturated rings. The van der Waals surface area contributed by atoms with Crippen molar-refractivity contribution in [2.45, 2.75) is 12.8 Å². The van der Waals surface area contributed by atoms with Crippen LogP contribution in [0.15, 0.2) is 54.1 Å². The second-order valence-corrected chi connectivity index (χ2v) is 4.99. The summed E-state index contributed by atoms with van der Waals surface area (Å²) >= 11 is 0. The van der Waals surface area contributed by atoms with Crippen molar-refractivity contribution in [3.05, 3.63) is 59.7 Å². The summed E-state index contributed by atoms with van der Waals surface area (Å²) in [4.78, 5) is 24.2. The van der Waals surface area contributed by atoms with E-state index in [0.717, 1.165) is 6.42 Å². The average molecular weight is 284 g/mol. The highest BCUT2D eigenvalue weighted by molar-refractivity contribution is 6.10. The van der Waals surface area contributed by atoms with Crippen LogP contribution >= 0.6 is 0 Å². The minimum atomic E-state index is -0.199. The molecule has 110 valence electrons. The third-order valence-corrected chi connectivity index (χ3v) is 3.41. The third-order valence-electron chi connectivity index (χ3n) is 3.41. The van der Waals surface area contributed by atoms with Crippen LogP contribution in [0.1, 0.15) is 23.2 Å². The van der Waals surface area contributed by atoms with Gasteiger partial charge in [-0.15, -0.1) is 0 Å². The van der Waals surface area contributed by atoms with E-state index in [1.54, 1.807) is 24.3 Å². The maximum absolute atomic E-state index is 12.3. The first-order valence-electron chi connectivity index (χ1n) is 7.18. The van der Waals surface area contributed by atoms with Gasteiger partial charge in [0.25, 0.3) is 0 Å². The molecule has 1 atom stereocenters. The minimum Gasteiger partial charge on any atom is -0.356 e. The monoisotopic (exact) mass is 284 g/mol. The second-order valence-electron chi connectivity index (χ2n) is 4.99. The smallest absolute Gasteiger partial charge is 0.227 e. The molecule has 1 aliphatic carbocycles. The molecule has 0 heterocycles. The Kier molecular flexibility index (Phi) is 5.46. The van der Waals surface area contributed by atoms with E-state index in [1.165, 1.54) is 0 Å². The summed E-state index contributed by atoms with van der Waals surface area (Å²) < 4.78 is 0. The lowest BCUT2D eigenvalue weighted by Gasteiger charge is -2.15. The molecule has 1 unspecified atom stereocenters. The Hall–Kier alpha value is -2.20. The fourth-order valence-corrected chi connectivity index (χ4v) is 2.18. The van der Waals surface area contributed by atoms with Gasteiger partial charge in [0, 0.05) is 17.7 Å². The highest BCUT2D eigenvalue weighted by atomic mass is 16.2. The Balaban J connectivity index is 1.92. The van der Waals surface area contributed by atoms with Crippen molar-refractivity contribution in [1.29, 1.82) is 0 Å². The molecule has 0 bridgehead atoms. The van der Waals surface area contributed by atoms with Gasteiger partial charge in [0.1, 0.15) is 0 Å². The maximum atomic E-state index is 12.3. The van der Waals surface area contributed by atoms with Crippen molar-refractivity contribution in [3.63, 3.8) is 0 Å². The van der Waals surface area contributed by atoms with Crippen molar-refractivity contribution in [1.82, 2.24) is 5.32 Å². The van der Waals surface area contributed by atoms with E-state index in [0.29, 0.717) is 30.6 Å². The summed E-state index contributed by atoms with van der Waals surface area (Å²) in [5, 5.41) is 2.84. The fourth-order valence-electron chi connectivity index (χ4n) is 2.18. The molecule has 1 aliphatic rings. The van der Waals surface area contributed by atoms with Crippen LogP contribution in [0.5, 0.6) is 0 Å². The Labute approximate surface area is 124 Å². The Morgan fingerprint density at radius 3 is 2.62 bits per heavy atom. The molecule has 0 radical (unpaired) electrons. The quantitative estimate of drug-likeness (QED) is 0.618. The fraction of sp³-hybridized carbons (Fsp3) is 0.294. The summed E-state index contributed by atoms with van der Waals surface area (Å²) in [6.45, 7) is 1.16. The summed E-state index contributed by atoms with van der Waals surface area (Å²) in [6.07, 6.45) is 6.71. The van der Waals surface area contributed by atoms with Crippen molar-refractivity contribution < 1.29 is 9.59 Å². The second kappa shape index (κ2) is 7.55. The van der Waals surface area contributed by atoms with Gasteiger partial charge in [-0.2, -0.15) is 0 Å². The molecule has 3 N–H and O–H groups in total. The number of ketones is 1. The Bertz CT molecular complexity index is 561. The molecule has 1 aromatic carbocycles. The lowest BCUT2D eigenvalue weighted by atomic mass is 9.92. The van der Waals surface area contributed by atoms with E-state index in [9.17, 15) is 9.59 Å². The number of rotatable bonds is 6. The van der Waals surface area contributed by atoms with Gasteiger partial charge < -0.3 is 11.1 Å². The molecule has 0 spiro atoms. The number of carbonyl (C=O) groups excluding carboxylic acids is 2. The lowest BCUT2D eigenvalue weighted by molar-refractivity contribution is -0.123. The number of hydrogen-bond acceptors (Lipinski definition) is 3. The van der Waals surface area contributed by atoms with E-state index >= 15 is 0 Å². The van der Waals surface area contributed by atoms with Crippen LogP contribution in [0.3, 0.4) is 0 Å². The number of amides is 1. The molecular weight excluding hydrogens is 264 g/mol. The zero-order chi connectivity index (χ0) is 15.1. The summed E-state index contributed by atoms with van der Waals surface area (Å²) in [5.74, 6) is -0.217. The number of carbonyl (C=O) groups is 2. The van der Waals surface area contributed by atoms with Crippen LogP contribution in [-0.4, -0.2) is 24.8 Å². The van der Waals surface area contributed by atoms with Gasteiger partial charge in [-0.25, -0.2) is 0 Å². The van der Waals surface area contributed by atoms with Gasteiger partial charge in [-0.1, -0.05) is 48.6 Å². The molecular formula is C17H20N2O2. The SMILES string of the molecule is NCCCNC(=O)C1C=CC(C(=O)c2ccccc2)=CC1. The van der Waals surface area contributed by atoms with Crippen LogP contribution in [0.25, 0.3) is 0 Å². The normalized spacial score (nSPS) is 17.2. The first-order chi connectivity index (χ1) is 10.2. The molecule has 4 heteroatoms. The van der Waals surface area contributed by atoms with Crippen LogP contribution < -0.4 is 11.1 Å². The van der Waals surface area contributed by atoms with Crippen molar-refractivity contribution >= 4 is 11.7 Å². The van der Waals surface area contributed by atoms with E-state index in [4.69, 9.17) is 5.73 Å². The number of allylic oxidation sites excluding steroid dienone is 3. The van der Waals surface area contributed by atoms with Crippen LogP contribution in [0, 0.1) is 5.92 Å². The van der Waals surface area contributed by atoms with Crippen molar-refractivity contribution in [2.75, 3.05) is 13.1 Å². The van der Waals surface area contributed by atoms with Gasteiger partial charge >= 0.3 is 0 Å². The highest BCUT2D eigenvalue weighted by Gasteiger charge is 2.19. The third kappa shape index (κ3) is 4.13. The van der Waals surface area contributed by atoms with E-state index in [1.807, 2.05) is 24.3 Å². The predicted molar refractivity (Wildman–Crippen MR) is 82.8 cm³/mol. The van der Waals surface area contributed by atoms with Crippen LogP contribution in [0.2, 0.25) is 0 Å². The molecule has 0 aromatic heterocycles. The zero-order valence-corrected chi connectivity index (χ0v) is 11.9. The summed E-state index contributed by atoms with van der Waals surface area (Å²) in [7, 11) is 0. The van der Waals surface area contributed by atoms with Gasteiger partial charge in [-0.3, -0.25) is 9.59 Å². The van der Waals surface area contributed by atoms with E-state index in [-0.39, 0.29) is 17.6 Å². The molecule has 1 aromatic rings. The lowest BCUT2D eigenvalue weighted by Crippen LogP contribution is -2.32. The molecule has 0 saturated carbocycles. The van der Waals surface area contributed by atoms with Gasteiger partial charge in [0.2, 0.25) is 5.91 Å². The average Bonchev–Trinajstić information content (AvgIpc) is 2.55. The van der Waals surface area contributed by atoms with Gasteiger partial charge in [-0.05, 0) is 19.4 Å². The van der Waals surface area contributed by atoms with Crippen molar-refractivity contribution in [2.24, 2.45) is 11.7 Å². The highest BCUT2D eigenvalue weighted by Crippen LogP contribution is 2.19. The number of hydrogen-bond donors (Lipinski definition) is 2. The first kappa shape index (κ1) is 15.2. The number of benzene rings is 1. The minimum absolute atomic E-state index is 0.00570. The maximum Gasteiger partial charge on any atom is 0.227 e.